The molecule has 0 saturated heterocycles. The monoisotopic (exact) mass is 241 g/mol. The van der Waals surface area contributed by atoms with E-state index in [0.717, 1.165) is 5.69 Å². The molecule has 2 unspecified atom stereocenters. The number of nitrogens with two attached hydrogens (primary N) is 2. The lowest BCUT2D eigenvalue weighted by atomic mass is 10.5. The maximum Gasteiger partial charge on any atom is 0.187 e. The third kappa shape index (κ3) is 3.77. The lowest BCUT2D eigenvalue weighted by Gasteiger charge is -2.10. The number of thiazole rings is 1. The van der Waals surface area contributed by atoms with Crippen molar-refractivity contribution >= 4 is 29.1 Å². The van der Waals surface area contributed by atoms with Crippen LogP contribution in [0.1, 0.15) is 18.0 Å². The van der Waals surface area contributed by atoms with Gasteiger partial charge in [-0.25, -0.2) is 9.98 Å². The molecule has 1 heterocycles. The maximum atomic E-state index is 8.72. The van der Waals surface area contributed by atoms with E-state index in [0.29, 0.717) is 0 Å². The number of aliphatic imine (C=N–C) groups is 1. The number of thioether (sulfide) groups is 1. The van der Waals surface area contributed by atoms with Crippen LogP contribution >= 0.6 is 23.1 Å². The molecule has 80 valence electrons. The van der Waals surface area contributed by atoms with Crippen molar-refractivity contribution in [2.75, 3.05) is 0 Å². The fraction of sp³-hybridized carbons (Fsp3) is 0.375. The Bertz CT molecular complexity index is 363. The van der Waals surface area contributed by atoms with Crippen LogP contribution in [-0.2, 0) is 0 Å². The van der Waals surface area contributed by atoms with Gasteiger partial charge in [-0.3, -0.25) is 0 Å². The van der Waals surface area contributed by atoms with E-state index in [2.05, 4.69) is 16.0 Å². The van der Waals surface area contributed by atoms with Crippen LogP contribution in [0.4, 0.5) is 0 Å². The average molecular weight is 241 g/mol. The van der Waals surface area contributed by atoms with Crippen LogP contribution in [0.25, 0.3) is 0 Å². The Morgan fingerprint density at radius 2 is 2.47 bits per heavy atom. The van der Waals surface area contributed by atoms with E-state index in [9.17, 15) is 0 Å². The molecule has 0 aliphatic heterocycles. The summed E-state index contributed by atoms with van der Waals surface area (Å²) in [5.41, 5.74) is 13.1. The van der Waals surface area contributed by atoms with Crippen molar-refractivity contribution in [3.63, 3.8) is 0 Å². The number of hydrogen-bond acceptors (Lipinski definition) is 5. The lowest BCUT2D eigenvalue weighted by molar-refractivity contribution is 0.964. The Kier molecular flexibility index (Phi) is 4.39. The summed E-state index contributed by atoms with van der Waals surface area (Å²) >= 11 is 2.84. The number of guanidine groups is 1. The lowest BCUT2D eigenvalue weighted by Crippen LogP contribution is -2.23. The molecule has 0 radical (unpaired) electrons. The summed E-state index contributed by atoms with van der Waals surface area (Å²) in [7, 11) is 0. The summed E-state index contributed by atoms with van der Waals surface area (Å²) in [5, 5.41) is 10.1. The number of hydrogen-bond donors (Lipinski definition) is 2. The second-order valence-corrected chi connectivity index (χ2v) is 4.87. The van der Waals surface area contributed by atoms with Crippen molar-refractivity contribution in [3.8, 4) is 6.07 Å². The normalized spacial score (nSPS) is 13.9. The highest BCUT2D eigenvalue weighted by Crippen LogP contribution is 2.32. The number of nitrogens with zero attached hydrogens (tertiary/aromatic N) is 3. The van der Waals surface area contributed by atoms with Gasteiger partial charge in [-0.05, 0) is 6.92 Å². The average Bonchev–Trinajstić information content (AvgIpc) is 2.68. The smallest absolute Gasteiger partial charge is 0.187 e. The first-order chi connectivity index (χ1) is 7.13. The summed E-state index contributed by atoms with van der Waals surface area (Å²) in [6.07, 6.45) is 0. The van der Waals surface area contributed by atoms with Crippen LogP contribution in [0.15, 0.2) is 15.9 Å². The first-order valence-corrected chi connectivity index (χ1v) is 6.04. The van der Waals surface area contributed by atoms with Gasteiger partial charge in [0.15, 0.2) is 5.96 Å². The second kappa shape index (κ2) is 5.58. The van der Waals surface area contributed by atoms with Crippen LogP contribution in [-0.4, -0.2) is 16.2 Å². The molecule has 15 heavy (non-hydrogen) atoms. The Hall–Kier alpha value is -1.26. The molecule has 0 aliphatic carbocycles. The van der Waals surface area contributed by atoms with Crippen molar-refractivity contribution in [2.24, 2.45) is 16.5 Å². The highest BCUT2D eigenvalue weighted by Gasteiger charge is 2.16. The molecule has 7 heteroatoms. The molecule has 0 bridgehead atoms. The van der Waals surface area contributed by atoms with Crippen molar-refractivity contribution in [1.29, 1.82) is 5.26 Å². The van der Waals surface area contributed by atoms with Gasteiger partial charge in [0, 0.05) is 5.38 Å². The fourth-order valence-corrected chi connectivity index (χ4v) is 2.43. The Balaban J connectivity index is 2.81. The van der Waals surface area contributed by atoms with Crippen molar-refractivity contribution in [3.05, 3.63) is 16.6 Å². The SMILES string of the molecule is CC(C#N)SC(N=C(N)N)c1cscn1. The van der Waals surface area contributed by atoms with Crippen molar-refractivity contribution in [2.45, 2.75) is 17.5 Å². The molecule has 0 aliphatic rings. The predicted molar refractivity (Wildman–Crippen MR) is 63.3 cm³/mol. The largest absolute Gasteiger partial charge is 0.370 e. The van der Waals surface area contributed by atoms with Crippen LogP contribution in [0.3, 0.4) is 0 Å². The van der Waals surface area contributed by atoms with Gasteiger partial charge in [0.1, 0.15) is 5.37 Å². The highest BCUT2D eigenvalue weighted by atomic mass is 32.2. The number of nitriles is 1. The van der Waals surface area contributed by atoms with Gasteiger partial charge >= 0.3 is 0 Å². The summed E-state index contributed by atoms with van der Waals surface area (Å²) in [6, 6.07) is 2.12. The van der Waals surface area contributed by atoms with E-state index in [4.69, 9.17) is 16.7 Å². The molecule has 4 N–H and O–H groups in total. The summed E-state index contributed by atoms with van der Waals surface area (Å²) in [5.74, 6) is 0.00522. The summed E-state index contributed by atoms with van der Waals surface area (Å²) in [4.78, 5) is 8.16. The third-order valence-electron chi connectivity index (χ3n) is 1.49. The Morgan fingerprint density at radius 3 is 2.93 bits per heavy atom. The summed E-state index contributed by atoms with van der Waals surface area (Å²) in [6.45, 7) is 1.80. The minimum atomic E-state index is -0.295. The molecule has 5 nitrogen and oxygen atoms in total. The first-order valence-electron chi connectivity index (χ1n) is 4.15. The van der Waals surface area contributed by atoms with E-state index in [1.807, 2.05) is 5.38 Å². The minimum Gasteiger partial charge on any atom is -0.370 e. The molecule has 0 fully saturated rings. The second-order valence-electron chi connectivity index (χ2n) is 2.73. The zero-order valence-electron chi connectivity index (χ0n) is 8.12. The van der Waals surface area contributed by atoms with Gasteiger partial charge in [0.05, 0.1) is 22.5 Å². The predicted octanol–water partition coefficient (Wildman–Crippen LogP) is 1.06. The van der Waals surface area contributed by atoms with Gasteiger partial charge in [-0.15, -0.1) is 23.1 Å². The van der Waals surface area contributed by atoms with Crippen LogP contribution in [0.5, 0.6) is 0 Å². The molecule has 0 aromatic carbocycles. The van der Waals surface area contributed by atoms with Crippen LogP contribution in [0, 0.1) is 11.3 Å². The molecule has 2 atom stereocenters. The standard InChI is InChI=1S/C8H11N5S2/c1-5(2-9)15-7(13-8(10)11)6-3-14-4-12-6/h3-5,7H,1H3,(H4,10,11,13). The van der Waals surface area contributed by atoms with Gasteiger partial charge in [0.25, 0.3) is 0 Å². The van der Waals surface area contributed by atoms with E-state index >= 15 is 0 Å². The number of rotatable bonds is 4. The van der Waals surface area contributed by atoms with Crippen molar-refractivity contribution < 1.29 is 0 Å². The molecule has 1 rings (SSSR count). The topological polar surface area (TPSA) is 101 Å². The highest BCUT2D eigenvalue weighted by molar-refractivity contribution is 8.00. The van der Waals surface area contributed by atoms with Crippen LogP contribution in [0.2, 0.25) is 0 Å². The molecule has 1 aromatic heterocycles. The third-order valence-corrected chi connectivity index (χ3v) is 3.21. The van der Waals surface area contributed by atoms with E-state index in [1.165, 1.54) is 23.1 Å². The van der Waals surface area contributed by atoms with E-state index < -0.39 is 0 Å². The molecular formula is C8H11N5S2. The van der Waals surface area contributed by atoms with Crippen molar-refractivity contribution in [1.82, 2.24) is 4.98 Å². The quantitative estimate of drug-likeness (QED) is 0.606. The summed E-state index contributed by atoms with van der Waals surface area (Å²) < 4.78 is 0. The molecule has 0 amide bonds. The van der Waals surface area contributed by atoms with E-state index in [-0.39, 0.29) is 16.6 Å². The minimum absolute atomic E-state index is 0.00522. The molecular weight excluding hydrogens is 230 g/mol. The van der Waals surface area contributed by atoms with Gasteiger partial charge in [0.2, 0.25) is 0 Å². The van der Waals surface area contributed by atoms with E-state index in [1.54, 1.807) is 12.4 Å². The van der Waals surface area contributed by atoms with Gasteiger partial charge in [-0.1, -0.05) is 0 Å². The zero-order chi connectivity index (χ0) is 11.3. The Labute approximate surface area is 96.2 Å². The zero-order valence-corrected chi connectivity index (χ0v) is 9.76. The fourth-order valence-electron chi connectivity index (χ4n) is 0.869. The molecule has 0 spiro atoms. The molecule has 0 saturated carbocycles. The van der Waals surface area contributed by atoms with Crippen LogP contribution < -0.4 is 11.5 Å². The first kappa shape index (κ1) is 11.8. The molecule has 1 aromatic rings. The number of aromatic nitrogens is 1. The maximum absolute atomic E-state index is 8.72. The van der Waals surface area contributed by atoms with Gasteiger partial charge in [-0.2, -0.15) is 5.26 Å². The Morgan fingerprint density at radius 1 is 1.73 bits per heavy atom. The van der Waals surface area contributed by atoms with Gasteiger partial charge < -0.3 is 11.5 Å².